The molecule has 366 valence electrons. The number of rotatable bonds is 49. The molecule has 0 aliphatic heterocycles. The van der Waals surface area contributed by atoms with Gasteiger partial charge in [0.15, 0.2) is 6.10 Å². The maximum Gasteiger partial charge on any atom is 0.306 e. The van der Waals surface area contributed by atoms with Crippen molar-refractivity contribution in [2.75, 3.05) is 13.2 Å². The Morgan fingerprint density at radius 1 is 0.317 bits per heavy atom. The van der Waals surface area contributed by atoms with E-state index in [4.69, 9.17) is 14.2 Å². The second-order valence-electron chi connectivity index (χ2n) is 18.1. The van der Waals surface area contributed by atoms with Crippen molar-refractivity contribution in [1.82, 2.24) is 0 Å². The summed E-state index contributed by atoms with van der Waals surface area (Å²) in [5.41, 5.74) is 0. The molecule has 0 aliphatic carbocycles. The first kappa shape index (κ1) is 60.4. The molecule has 0 radical (unpaired) electrons. The summed E-state index contributed by atoms with van der Waals surface area (Å²) >= 11 is 0. The molecule has 0 aromatic heterocycles. The molecule has 0 amide bonds. The molecule has 0 unspecified atom stereocenters. The van der Waals surface area contributed by atoms with E-state index >= 15 is 0 Å². The van der Waals surface area contributed by atoms with Gasteiger partial charge in [-0.05, 0) is 103 Å². The number of unbranched alkanes of at least 4 members (excludes halogenated alkanes) is 30. The lowest BCUT2D eigenvalue weighted by atomic mass is 10.1. The van der Waals surface area contributed by atoms with E-state index in [-0.39, 0.29) is 31.1 Å². The van der Waals surface area contributed by atoms with Crippen LogP contribution in [0.25, 0.3) is 0 Å². The van der Waals surface area contributed by atoms with Gasteiger partial charge in [0.25, 0.3) is 0 Å². The minimum Gasteiger partial charge on any atom is -0.462 e. The third-order valence-corrected chi connectivity index (χ3v) is 11.8. The first-order valence-electron chi connectivity index (χ1n) is 27.1. The molecule has 0 aliphatic rings. The zero-order valence-electron chi connectivity index (χ0n) is 41.8. The molecular formula is C57H102O6. The summed E-state index contributed by atoms with van der Waals surface area (Å²) in [7, 11) is 0. The Morgan fingerprint density at radius 2 is 0.571 bits per heavy atom. The fraction of sp³-hybridized carbons (Fsp3) is 0.807. The Kier molecular flexibility index (Phi) is 49.8. The van der Waals surface area contributed by atoms with Crippen molar-refractivity contribution >= 4 is 17.9 Å². The van der Waals surface area contributed by atoms with Gasteiger partial charge in [0.2, 0.25) is 0 Å². The fourth-order valence-electron chi connectivity index (χ4n) is 7.64. The van der Waals surface area contributed by atoms with Crippen molar-refractivity contribution in [3.05, 3.63) is 48.6 Å². The zero-order valence-corrected chi connectivity index (χ0v) is 41.8. The molecule has 0 aromatic rings. The van der Waals surface area contributed by atoms with E-state index in [1.165, 1.54) is 161 Å². The van der Waals surface area contributed by atoms with Crippen molar-refractivity contribution in [2.45, 2.75) is 284 Å². The zero-order chi connectivity index (χ0) is 45.8. The molecule has 0 spiro atoms. The van der Waals surface area contributed by atoms with E-state index in [0.717, 1.165) is 77.0 Å². The summed E-state index contributed by atoms with van der Waals surface area (Å²) in [4.78, 5) is 38.0. The Morgan fingerprint density at radius 3 is 0.921 bits per heavy atom. The predicted molar refractivity (Wildman–Crippen MR) is 270 cm³/mol. The number of carbonyl (C=O) groups excluding carboxylic acids is 3. The summed E-state index contributed by atoms with van der Waals surface area (Å²) in [6.45, 7) is 6.59. The molecule has 1 atom stereocenters. The average Bonchev–Trinajstić information content (AvgIpc) is 3.28. The monoisotopic (exact) mass is 883 g/mol. The number of hydrogen-bond acceptors (Lipinski definition) is 6. The van der Waals surface area contributed by atoms with Gasteiger partial charge in [-0.2, -0.15) is 0 Å². The highest BCUT2D eigenvalue weighted by Gasteiger charge is 2.19. The van der Waals surface area contributed by atoms with Crippen LogP contribution < -0.4 is 0 Å². The van der Waals surface area contributed by atoms with Crippen LogP contribution in [0.4, 0.5) is 0 Å². The number of carbonyl (C=O) groups is 3. The molecule has 6 heteroatoms. The van der Waals surface area contributed by atoms with E-state index < -0.39 is 6.10 Å². The molecule has 0 heterocycles. The van der Waals surface area contributed by atoms with E-state index in [9.17, 15) is 14.4 Å². The van der Waals surface area contributed by atoms with Crippen LogP contribution in [-0.2, 0) is 28.6 Å². The quantitative estimate of drug-likeness (QED) is 0.0262. The van der Waals surface area contributed by atoms with Crippen molar-refractivity contribution in [1.29, 1.82) is 0 Å². The van der Waals surface area contributed by atoms with Crippen LogP contribution in [-0.4, -0.2) is 37.2 Å². The van der Waals surface area contributed by atoms with Gasteiger partial charge >= 0.3 is 17.9 Å². The normalized spacial score (nSPS) is 12.4. The summed E-state index contributed by atoms with van der Waals surface area (Å²) in [6.07, 6.45) is 62.3. The van der Waals surface area contributed by atoms with Gasteiger partial charge in [0.1, 0.15) is 13.2 Å². The van der Waals surface area contributed by atoms with Gasteiger partial charge in [-0.25, -0.2) is 0 Å². The molecule has 0 N–H and O–H groups in total. The smallest absolute Gasteiger partial charge is 0.306 e. The Bertz CT molecular complexity index is 1110. The molecule has 0 saturated carbocycles. The highest BCUT2D eigenvalue weighted by Crippen LogP contribution is 2.15. The lowest BCUT2D eigenvalue weighted by Crippen LogP contribution is -2.30. The Labute approximate surface area is 390 Å². The molecule has 0 fully saturated rings. The number of esters is 3. The standard InChI is InChI=1S/C57H102O6/c1-4-7-10-13-16-19-22-25-28-31-34-37-40-43-46-49-55(58)61-52-54(63-57(60)51-48-45-42-39-36-33-30-27-24-21-18-15-12-9-6-3)53-62-56(59)50-47-44-41-38-35-32-29-26-23-20-17-14-11-8-5-2/h16,19-21,23-25,28,54H,4-15,17-18,22,26-27,29-53H2,1-3H3/b19-16-,23-20-,24-21-,28-25-/t54-/m1/s1. The van der Waals surface area contributed by atoms with Gasteiger partial charge in [0, 0.05) is 19.3 Å². The van der Waals surface area contributed by atoms with Crippen LogP contribution in [0.2, 0.25) is 0 Å². The van der Waals surface area contributed by atoms with Crippen molar-refractivity contribution in [3.63, 3.8) is 0 Å². The second-order valence-corrected chi connectivity index (χ2v) is 18.1. The van der Waals surface area contributed by atoms with E-state index in [2.05, 4.69) is 69.4 Å². The van der Waals surface area contributed by atoms with Crippen molar-refractivity contribution < 1.29 is 28.6 Å². The number of hydrogen-bond donors (Lipinski definition) is 0. The highest BCUT2D eigenvalue weighted by atomic mass is 16.6. The molecule has 63 heavy (non-hydrogen) atoms. The summed E-state index contributed by atoms with van der Waals surface area (Å²) in [5.74, 6) is -0.895. The minimum atomic E-state index is -0.781. The minimum absolute atomic E-state index is 0.0806. The molecule has 0 saturated heterocycles. The predicted octanol–water partition coefficient (Wildman–Crippen LogP) is 17.9. The SMILES string of the molecule is CCCCC/C=C\C/C=C\CCCCCCCC(=O)OC[C@H](COC(=O)CCCCCCCCC/C=C\CCCCCC)OC(=O)CCCCCCCCC/C=C\CCCCCC. The number of allylic oxidation sites excluding steroid dienone is 8. The van der Waals surface area contributed by atoms with E-state index in [0.29, 0.717) is 19.3 Å². The van der Waals surface area contributed by atoms with Crippen LogP contribution in [0.3, 0.4) is 0 Å². The summed E-state index contributed by atoms with van der Waals surface area (Å²) in [5, 5.41) is 0. The maximum absolute atomic E-state index is 12.8. The lowest BCUT2D eigenvalue weighted by molar-refractivity contribution is -0.167. The van der Waals surface area contributed by atoms with Crippen LogP contribution in [0.1, 0.15) is 278 Å². The van der Waals surface area contributed by atoms with Gasteiger partial charge < -0.3 is 14.2 Å². The van der Waals surface area contributed by atoms with Crippen LogP contribution in [0, 0.1) is 0 Å². The third kappa shape index (κ3) is 50.2. The molecular weight excluding hydrogens is 781 g/mol. The summed E-state index contributed by atoms with van der Waals surface area (Å²) in [6, 6.07) is 0. The highest BCUT2D eigenvalue weighted by molar-refractivity contribution is 5.71. The average molecular weight is 883 g/mol. The van der Waals surface area contributed by atoms with E-state index in [1.54, 1.807) is 0 Å². The topological polar surface area (TPSA) is 78.9 Å². The Hall–Kier alpha value is -2.63. The van der Waals surface area contributed by atoms with Gasteiger partial charge in [-0.15, -0.1) is 0 Å². The molecule has 0 aromatic carbocycles. The van der Waals surface area contributed by atoms with Gasteiger partial charge in [-0.1, -0.05) is 204 Å². The van der Waals surface area contributed by atoms with Crippen molar-refractivity contribution in [3.8, 4) is 0 Å². The third-order valence-electron chi connectivity index (χ3n) is 11.8. The Balaban J connectivity index is 4.40. The fourth-order valence-corrected chi connectivity index (χ4v) is 7.64. The largest absolute Gasteiger partial charge is 0.462 e. The molecule has 0 rings (SSSR count). The maximum atomic E-state index is 12.8. The van der Waals surface area contributed by atoms with Gasteiger partial charge in [0.05, 0.1) is 0 Å². The number of ether oxygens (including phenoxy) is 3. The first-order chi connectivity index (χ1) is 31.0. The van der Waals surface area contributed by atoms with E-state index in [1.807, 2.05) is 0 Å². The van der Waals surface area contributed by atoms with Crippen molar-refractivity contribution in [2.24, 2.45) is 0 Å². The molecule has 0 bridgehead atoms. The lowest BCUT2D eigenvalue weighted by Gasteiger charge is -2.18. The second kappa shape index (κ2) is 52.0. The van der Waals surface area contributed by atoms with Gasteiger partial charge in [-0.3, -0.25) is 14.4 Å². The summed E-state index contributed by atoms with van der Waals surface area (Å²) < 4.78 is 16.8. The first-order valence-corrected chi connectivity index (χ1v) is 27.1. The molecule has 6 nitrogen and oxygen atoms in total. The van der Waals surface area contributed by atoms with Crippen LogP contribution >= 0.6 is 0 Å². The van der Waals surface area contributed by atoms with Crippen LogP contribution in [0.15, 0.2) is 48.6 Å². The van der Waals surface area contributed by atoms with Crippen LogP contribution in [0.5, 0.6) is 0 Å².